The molecule has 2 heterocycles. The van der Waals surface area contributed by atoms with Gasteiger partial charge in [0.15, 0.2) is 20.2 Å². The summed E-state index contributed by atoms with van der Waals surface area (Å²) in [5.41, 5.74) is -1.59. The van der Waals surface area contributed by atoms with Gasteiger partial charge in [-0.2, -0.15) is 0 Å². The van der Waals surface area contributed by atoms with Crippen molar-refractivity contribution in [1.82, 2.24) is 0 Å². The number of carbonyl (C=O) groups is 2. The van der Waals surface area contributed by atoms with Gasteiger partial charge in [-0.1, -0.05) is 130 Å². The Bertz CT molecular complexity index is 1700. The lowest BCUT2D eigenvalue weighted by Crippen LogP contribution is -2.71. The first-order valence-electron chi connectivity index (χ1n) is 18.8. The van der Waals surface area contributed by atoms with Crippen LogP contribution in [0.15, 0.2) is 103 Å². The number of hydrogen-bond donors (Lipinski definition) is 1. The molecule has 2 saturated heterocycles. The summed E-state index contributed by atoms with van der Waals surface area (Å²) >= 11 is 0. The number of aliphatic hydroxyl groups is 1. The van der Waals surface area contributed by atoms with E-state index in [4.69, 9.17) is 23.1 Å². The smallest absolute Gasteiger partial charge is 0.344 e. The first-order chi connectivity index (χ1) is 24.9. The zero-order valence-corrected chi connectivity index (χ0v) is 34.9. The van der Waals surface area contributed by atoms with Crippen LogP contribution in [0.1, 0.15) is 65.9 Å². The highest BCUT2D eigenvalue weighted by Crippen LogP contribution is 2.55. The Morgan fingerprint density at radius 2 is 1.49 bits per heavy atom. The molecule has 0 amide bonds. The van der Waals surface area contributed by atoms with Crippen LogP contribution in [0.5, 0.6) is 0 Å². The first kappa shape index (κ1) is 40.8. The monoisotopic (exact) mass is 758 g/mol. The van der Waals surface area contributed by atoms with Gasteiger partial charge in [0.05, 0.1) is 13.7 Å². The van der Waals surface area contributed by atoms with E-state index in [2.05, 4.69) is 70.2 Å². The third-order valence-corrected chi connectivity index (χ3v) is 16.5. The highest BCUT2D eigenvalue weighted by Gasteiger charge is 2.79. The second kappa shape index (κ2) is 15.8. The topological polar surface area (TPSA) is 101 Å². The minimum Gasteiger partial charge on any atom is -0.467 e. The van der Waals surface area contributed by atoms with Crippen LogP contribution in [0, 0.1) is 5.92 Å². The van der Waals surface area contributed by atoms with Crippen molar-refractivity contribution in [1.29, 1.82) is 0 Å². The zero-order chi connectivity index (χ0) is 38.7. The lowest BCUT2D eigenvalue weighted by Gasteiger charge is -2.46. The Kier molecular flexibility index (Phi) is 12.1. The number of esters is 2. The second-order valence-corrected chi connectivity index (χ2v) is 25.6. The van der Waals surface area contributed by atoms with Crippen LogP contribution < -0.4 is 10.4 Å². The molecule has 1 unspecified atom stereocenters. The van der Waals surface area contributed by atoms with Crippen LogP contribution in [0.25, 0.3) is 0 Å². The number of rotatable bonds is 14. The Balaban J connectivity index is 1.49. The molecule has 53 heavy (non-hydrogen) atoms. The highest BCUT2D eigenvalue weighted by molar-refractivity contribution is 6.99. The molecule has 0 saturated carbocycles. The summed E-state index contributed by atoms with van der Waals surface area (Å²) < 4.78 is 32.3. The molecule has 8 nitrogen and oxygen atoms in total. The van der Waals surface area contributed by atoms with E-state index in [-0.39, 0.29) is 30.9 Å². The van der Waals surface area contributed by atoms with Crippen LogP contribution in [0.3, 0.4) is 0 Å². The average Bonchev–Trinajstić information content (AvgIpc) is 3.58. The van der Waals surface area contributed by atoms with Crippen LogP contribution in [0.4, 0.5) is 0 Å². The molecule has 1 N–H and O–H groups in total. The van der Waals surface area contributed by atoms with Gasteiger partial charge in [0, 0.05) is 12.8 Å². The quantitative estimate of drug-likeness (QED) is 0.106. The molecular formula is C43H58O8Si2. The Morgan fingerprint density at radius 1 is 0.943 bits per heavy atom. The summed E-state index contributed by atoms with van der Waals surface area (Å²) in [6, 6.07) is 30.6. The first-order valence-corrected chi connectivity index (χ1v) is 24.1. The molecular weight excluding hydrogens is 701 g/mol. The lowest BCUT2D eigenvalue weighted by atomic mass is 9.79. The van der Waals surface area contributed by atoms with Crippen LogP contribution >= 0.6 is 0 Å². The van der Waals surface area contributed by atoms with Crippen molar-refractivity contribution in [2.24, 2.45) is 5.92 Å². The normalized spacial score (nSPS) is 25.7. The van der Waals surface area contributed by atoms with Gasteiger partial charge in [-0.15, -0.1) is 0 Å². The summed E-state index contributed by atoms with van der Waals surface area (Å²) in [6.45, 7) is 16.4. The fourth-order valence-electron chi connectivity index (χ4n) is 8.34. The largest absolute Gasteiger partial charge is 0.467 e. The molecule has 286 valence electrons. The van der Waals surface area contributed by atoms with E-state index in [1.807, 2.05) is 81.2 Å². The molecule has 0 aromatic heterocycles. The Morgan fingerprint density at radius 3 is 2.00 bits per heavy atom. The van der Waals surface area contributed by atoms with Crippen LogP contribution in [-0.4, -0.2) is 70.5 Å². The zero-order valence-electron chi connectivity index (χ0n) is 32.9. The molecule has 3 aromatic rings. The third-order valence-electron chi connectivity index (χ3n) is 10.6. The number of carbonyl (C=O) groups excluding carboxylic acids is 2. The van der Waals surface area contributed by atoms with E-state index in [0.717, 1.165) is 22.4 Å². The average molecular weight is 759 g/mol. The molecule has 0 bridgehead atoms. The van der Waals surface area contributed by atoms with Gasteiger partial charge in [0.25, 0.3) is 8.32 Å². The summed E-state index contributed by atoms with van der Waals surface area (Å²) in [7, 11) is -4.51. The van der Waals surface area contributed by atoms with Crippen LogP contribution in [-0.2, 0) is 39.1 Å². The van der Waals surface area contributed by atoms with Gasteiger partial charge in [-0.05, 0) is 72.7 Å². The van der Waals surface area contributed by atoms with Crippen molar-refractivity contribution in [3.8, 4) is 0 Å². The van der Waals surface area contributed by atoms with Crippen molar-refractivity contribution in [2.75, 3.05) is 13.7 Å². The summed E-state index contributed by atoms with van der Waals surface area (Å²) in [5, 5.41) is 13.7. The SMILES string of the molecule is COC(=O)[C@]1(O[Si](C)(C)C)[C@@H](CO[Si](c2ccccc2)(c2ccccc2)C(C)(C)C)OC(=O)[C@@]12CCC(O)(CC/C(C)=C/[C@H](C)Cc1ccccc1)O2. The Hall–Kier alpha value is -3.39. The molecule has 0 radical (unpaired) electrons. The molecule has 2 fully saturated rings. The molecule has 3 aromatic carbocycles. The van der Waals surface area contributed by atoms with E-state index < -0.39 is 51.7 Å². The van der Waals surface area contributed by atoms with Crippen LogP contribution in [0.2, 0.25) is 24.7 Å². The second-order valence-electron chi connectivity index (χ2n) is 16.9. The molecule has 10 heteroatoms. The van der Waals surface area contributed by atoms with Gasteiger partial charge in [0.1, 0.15) is 0 Å². The number of hydrogen-bond acceptors (Lipinski definition) is 8. The minimum atomic E-state index is -3.13. The molecule has 2 aliphatic rings. The van der Waals surface area contributed by atoms with Gasteiger partial charge in [0.2, 0.25) is 11.2 Å². The number of methoxy groups -OCH3 is 1. The fourth-order valence-corrected chi connectivity index (χ4v) is 14.2. The maximum atomic E-state index is 14.4. The number of allylic oxidation sites excluding steroid dienone is 2. The summed E-state index contributed by atoms with van der Waals surface area (Å²) in [6.07, 6.45) is 2.82. The number of benzene rings is 3. The molecule has 1 spiro atoms. The Labute approximate surface area is 318 Å². The maximum absolute atomic E-state index is 14.4. The van der Waals surface area contributed by atoms with Crippen molar-refractivity contribution >= 4 is 38.9 Å². The van der Waals surface area contributed by atoms with E-state index in [1.165, 1.54) is 12.7 Å². The molecule has 0 aliphatic carbocycles. The summed E-state index contributed by atoms with van der Waals surface area (Å²) in [5.74, 6) is -2.94. The predicted octanol–water partition coefficient (Wildman–Crippen LogP) is 7.09. The van der Waals surface area contributed by atoms with E-state index in [9.17, 15) is 14.7 Å². The van der Waals surface area contributed by atoms with Crippen molar-refractivity contribution in [2.45, 2.75) is 114 Å². The van der Waals surface area contributed by atoms with Gasteiger partial charge < -0.3 is 28.2 Å². The van der Waals surface area contributed by atoms with E-state index in [0.29, 0.717) is 12.3 Å². The van der Waals surface area contributed by atoms with Gasteiger partial charge >= 0.3 is 11.9 Å². The number of ether oxygens (including phenoxy) is 3. The maximum Gasteiger partial charge on any atom is 0.344 e. The highest BCUT2D eigenvalue weighted by atomic mass is 28.4. The van der Waals surface area contributed by atoms with Gasteiger partial charge in [-0.25, -0.2) is 9.59 Å². The molecule has 5 rings (SSSR count). The minimum absolute atomic E-state index is 0.0186. The third kappa shape index (κ3) is 8.18. The van der Waals surface area contributed by atoms with Crippen molar-refractivity contribution in [3.63, 3.8) is 0 Å². The van der Waals surface area contributed by atoms with E-state index in [1.54, 1.807) is 0 Å². The van der Waals surface area contributed by atoms with Crippen molar-refractivity contribution in [3.05, 3.63) is 108 Å². The number of cyclic esters (lactones) is 1. The molecule has 2 aliphatic heterocycles. The standard InChI is InChI=1S/C43H58O8Si2/c1-32(29-33(2)30-34-19-13-10-14-20-34)25-26-41(46)27-28-42(50-41)38(44)49-37(43(42,39(45)47-6)51-52(7,8)9)31-48-53(40(3,4)5,35-21-15-11-16-22-35)36-23-17-12-18-24-36/h10-24,29,33,37,46H,25-28,30-31H2,1-9H3/b32-29+/t33-,37+,41?,42-,43+/m0/s1. The van der Waals surface area contributed by atoms with E-state index >= 15 is 0 Å². The predicted molar refractivity (Wildman–Crippen MR) is 213 cm³/mol. The fraction of sp³-hybridized carbons (Fsp3) is 0.488. The molecule has 5 atom stereocenters. The summed E-state index contributed by atoms with van der Waals surface area (Å²) in [4.78, 5) is 28.7. The van der Waals surface area contributed by atoms with Crippen molar-refractivity contribution < 1.29 is 37.8 Å². The van der Waals surface area contributed by atoms with Gasteiger partial charge in [-0.3, -0.25) is 0 Å². The lowest BCUT2D eigenvalue weighted by molar-refractivity contribution is -0.255.